The van der Waals surface area contributed by atoms with Crippen LogP contribution in [0.5, 0.6) is 11.5 Å². The number of benzene rings is 6. The van der Waals surface area contributed by atoms with Crippen molar-refractivity contribution in [2.45, 2.75) is 0 Å². The zero-order valence-corrected chi connectivity index (χ0v) is 32.6. The maximum atomic E-state index is 13.5. The molecule has 10 rings (SSSR count). The van der Waals surface area contributed by atoms with Crippen LogP contribution in [-0.2, 0) is 0 Å². The number of pyridine rings is 2. The van der Waals surface area contributed by atoms with Crippen LogP contribution >= 0.6 is 0 Å². The Bertz CT molecular complexity index is 2870. The number of methoxy groups -OCH3 is 2. The molecule has 0 fully saturated rings. The van der Waals surface area contributed by atoms with Crippen molar-refractivity contribution in [1.29, 1.82) is 0 Å². The Morgan fingerprint density at radius 1 is 0.400 bits per heavy atom. The van der Waals surface area contributed by atoms with E-state index in [1.54, 1.807) is 26.4 Å². The Balaban J connectivity index is 0.000000154. The fourth-order valence-corrected chi connectivity index (χ4v) is 6.95. The Morgan fingerprint density at radius 2 is 0.800 bits per heavy atom. The third-order valence-corrected chi connectivity index (χ3v) is 10.0. The van der Waals surface area contributed by atoms with E-state index in [0.717, 1.165) is 90.0 Å². The summed E-state index contributed by atoms with van der Waals surface area (Å²) >= 11 is 0. The van der Waals surface area contributed by atoms with Crippen molar-refractivity contribution in [3.05, 3.63) is 194 Å². The number of halogens is 2. The van der Waals surface area contributed by atoms with Crippen LogP contribution < -0.4 is 9.47 Å². The molecule has 8 nitrogen and oxygen atoms in total. The van der Waals surface area contributed by atoms with Gasteiger partial charge in [-0.25, -0.2) is 28.1 Å². The molecule has 4 heterocycles. The quantitative estimate of drug-likeness (QED) is 0.152. The molecule has 0 saturated carbocycles. The zero-order valence-electron chi connectivity index (χ0n) is 32.6. The van der Waals surface area contributed by atoms with Gasteiger partial charge in [0, 0.05) is 21.9 Å². The highest BCUT2D eigenvalue weighted by molar-refractivity contribution is 5.83. The molecule has 6 aromatic carbocycles. The maximum Gasteiger partial charge on any atom is 0.123 e. The summed E-state index contributed by atoms with van der Waals surface area (Å²) in [5, 5.41) is 11.2. The van der Waals surface area contributed by atoms with Gasteiger partial charge in [0.2, 0.25) is 0 Å². The van der Waals surface area contributed by atoms with Gasteiger partial charge in [0.05, 0.1) is 70.8 Å². The Morgan fingerprint density at radius 3 is 1.18 bits per heavy atom. The molecule has 0 saturated heterocycles. The number of fused-ring (bicyclic) bond motifs is 2. The minimum Gasteiger partial charge on any atom is -0.497 e. The first-order valence-electron chi connectivity index (χ1n) is 19.2. The van der Waals surface area contributed by atoms with Crippen molar-refractivity contribution >= 4 is 21.8 Å². The van der Waals surface area contributed by atoms with E-state index in [2.05, 4.69) is 0 Å². The smallest absolute Gasteiger partial charge is 0.123 e. The first kappa shape index (κ1) is 37.6. The number of hydrogen-bond donors (Lipinski definition) is 0. The predicted molar refractivity (Wildman–Crippen MR) is 232 cm³/mol. The molecule has 0 aliphatic rings. The molecule has 0 aliphatic carbocycles. The molecule has 0 amide bonds. The standard InChI is InChI=1S/2C25H18FN3O/c2*1-30-21-11-9-20(10-12-21)29-25(16-24(28-29)17-5-3-2-4-6-17)23-13-7-18-15-19(26)8-14-22(18)27-23/h2*2-16H,1H3. The minimum atomic E-state index is -0.272. The van der Waals surface area contributed by atoms with E-state index < -0.39 is 0 Å². The number of hydrogen-bond acceptors (Lipinski definition) is 6. The highest BCUT2D eigenvalue weighted by Gasteiger charge is 2.17. The third-order valence-electron chi connectivity index (χ3n) is 10.0. The summed E-state index contributed by atoms with van der Waals surface area (Å²) in [4.78, 5) is 9.52. The van der Waals surface area contributed by atoms with Gasteiger partial charge in [-0.3, -0.25) is 0 Å². The molecular weight excluding hydrogens is 755 g/mol. The second-order valence-electron chi connectivity index (χ2n) is 13.8. The normalized spacial score (nSPS) is 11.0. The fraction of sp³-hybridized carbons (Fsp3) is 0.0400. The largest absolute Gasteiger partial charge is 0.497 e. The van der Waals surface area contributed by atoms with E-state index in [9.17, 15) is 8.78 Å². The Labute approximate surface area is 344 Å². The van der Waals surface area contributed by atoms with E-state index in [4.69, 9.17) is 29.6 Å². The van der Waals surface area contributed by atoms with Crippen molar-refractivity contribution in [2.24, 2.45) is 0 Å². The summed E-state index contributed by atoms with van der Waals surface area (Å²) in [6.45, 7) is 0. The maximum absolute atomic E-state index is 13.5. The monoisotopic (exact) mass is 790 g/mol. The van der Waals surface area contributed by atoms with Gasteiger partial charge in [-0.05, 0) is 109 Å². The predicted octanol–water partition coefficient (Wildman–Crippen LogP) is 11.8. The lowest BCUT2D eigenvalue weighted by atomic mass is 10.1. The molecule has 10 heteroatoms. The van der Waals surface area contributed by atoms with Gasteiger partial charge in [-0.1, -0.05) is 72.8 Å². The summed E-state index contributed by atoms with van der Waals surface area (Å²) in [5.41, 5.74) is 10.2. The van der Waals surface area contributed by atoms with E-state index in [1.807, 2.05) is 155 Å². The van der Waals surface area contributed by atoms with Crippen molar-refractivity contribution in [3.63, 3.8) is 0 Å². The Hall–Kier alpha value is -7.98. The lowest BCUT2D eigenvalue weighted by Crippen LogP contribution is -2.00. The van der Waals surface area contributed by atoms with Gasteiger partial charge in [0.1, 0.15) is 23.1 Å². The van der Waals surface area contributed by atoms with Crippen LogP contribution in [0.25, 0.3) is 78.5 Å². The average molecular weight is 791 g/mol. The molecule has 0 N–H and O–H groups in total. The van der Waals surface area contributed by atoms with Gasteiger partial charge in [0.25, 0.3) is 0 Å². The topological polar surface area (TPSA) is 79.9 Å². The van der Waals surface area contributed by atoms with Gasteiger partial charge in [-0.2, -0.15) is 10.2 Å². The molecular formula is C50H36F2N6O2. The molecule has 0 spiro atoms. The molecule has 10 aromatic rings. The van der Waals surface area contributed by atoms with Crippen LogP contribution in [-0.4, -0.2) is 43.7 Å². The lowest BCUT2D eigenvalue weighted by molar-refractivity contribution is 0.414. The zero-order chi connectivity index (χ0) is 41.0. The van der Waals surface area contributed by atoms with E-state index >= 15 is 0 Å². The fourth-order valence-electron chi connectivity index (χ4n) is 6.95. The Kier molecular flexibility index (Phi) is 10.3. The molecule has 60 heavy (non-hydrogen) atoms. The van der Waals surface area contributed by atoms with Crippen LogP contribution in [0.15, 0.2) is 182 Å². The highest BCUT2D eigenvalue weighted by Crippen LogP contribution is 2.32. The van der Waals surface area contributed by atoms with E-state index in [-0.39, 0.29) is 11.6 Å². The van der Waals surface area contributed by atoms with Crippen LogP contribution in [0, 0.1) is 11.6 Å². The summed E-state index contributed by atoms with van der Waals surface area (Å²) in [6, 6.07) is 56.3. The molecule has 0 radical (unpaired) electrons. The summed E-state index contributed by atoms with van der Waals surface area (Å²) in [5.74, 6) is 1.02. The van der Waals surface area contributed by atoms with E-state index in [0.29, 0.717) is 0 Å². The van der Waals surface area contributed by atoms with Crippen LogP contribution in [0.3, 0.4) is 0 Å². The van der Waals surface area contributed by atoms with Crippen molar-refractivity contribution < 1.29 is 18.3 Å². The van der Waals surface area contributed by atoms with Gasteiger partial charge in [0.15, 0.2) is 0 Å². The SMILES string of the molecule is COc1ccc(-n2nc(-c3ccccc3)cc2-c2ccc3cc(F)ccc3n2)cc1.COc1ccc(-n2nc(-c3ccccc3)cc2-c2ccc3cc(F)ccc3n2)cc1. The molecule has 0 bridgehead atoms. The van der Waals surface area contributed by atoms with Crippen molar-refractivity contribution in [3.8, 4) is 68.2 Å². The first-order valence-corrected chi connectivity index (χ1v) is 19.2. The summed E-state index contributed by atoms with van der Waals surface area (Å²) < 4.78 is 41.4. The van der Waals surface area contributed by atoms with E-state index in [1.165, 1.54) is 24.3 Å². The van der Waals surface area contributed by atoms with Gasteiger partial charge >= 0.3 is 0 Å². The van der Waals surface area contributed by atoms with Gasteiger partial charge < -0.3 is 9.47 Å². The minimum absolute atomic E-state index is 0.272. The van der Waals surface area contributed by atoms with Crippen molar-refractivity contribution in [1.82, 2.24) is 29.5 Å². The molecule has 0 aliphatic heterocycles. The van der Waals surface area contributed by atoms with Crippen LogP contribution in [0.1, 0.15) is 0 Å². The average Bonchev–Trinajstić information content (AvgIpc) is 3.96. The number of rotatable bonds is 8. The number of ether oxygens (including phenoxy) is 2. The van der Waals surface area contributed by atoms with Crippen molar-refractivity contribution in [2.75, 3.05) is 14.2 Å². The lowest BCUT2D eigenvalue weighted by Gasteiger charge is -2.09. The molecule has 292 valence electrons. The highest BCUT2D eigenvalue weighted by atomic mass is 19.1. The number of nitrogens with zero attached hydrogens (tertiary/aromatic N) is 6. The third kappa shape index (κ3) is 7.81. The molecule has 0 atom stereocenters. The summed E-state index contributed by atoms with van der Waals surface area (Å²) in [6.07, 6.45) is 0. The second kappa shape index (κ2) is 16.5. The van der Waals surface area contributed by atoms with Crippen LogP contribution in [0.2, 0.25) is 0 Å². The second-order valence-corrected chi connectivity index (χ2v) is 13.8. The number of aromatic nitrogens is 6. The molecule has 4 aromatic heterocycles. The van der Waals surface area contributed by atoms with Gasteiger partial charge in [-0.15, -0.1) is 0 Å². The van der Waals surface area contributed by atoms with Crippen LogP contribution in [0.4, 0.5) is 8.78 Å². The first-order chi connectivity index (χ1) is 29.4. The molecule has 0 unspecified atom stereocenters. The summed E-state index contributed by atoms with van der Waals surface area (Å²) in [7, 11) is 3.29.